The molecule has 0 atom stereocenters. The van der Waals surface area contributed by atoms with Crippen LogP contribution in [0.5, 0.6) is 11.5 Å². The summed E-state index contributed by atoms with van der Waals surface area (Å²) in [5.41, 5.74) is 1.18. The molecular weight excluding hydrogens is 356 g/mol. The number of halogens is 1. The Morgan fingerprint density at radius 2 is 2.00 bits per heavy atom. The zero-order valence-corrected chi connectivity index (χ0v) is 14.3. The second-order valence-corrected chi connectivity index (χ2v) is 5.51. The van der Waals surface area contributed by atoms with Crippen LogP contribution in [0.2, 0.25) is 0 Å². The fourth-order valence-electron chi connectivity index (χ4n) is 2.01. The second-order valence-electron chi connectivity index (χ2n) is 4.27. The molecule has 1 aliphatic rings. The molecule has 5 nitrogen and oxygen atoms in total. The smallest absolute Gasteiger partial charge is 0.276 e. The summed E-state index contributed by atoms with van der Waals surface area (Å²) in [5.74, 6) is 1.12. The molecule has 0 unspecified atom stereocenters. The molecule has 1 aliphatic heterocycles. The van der Waals surface area contributed by atoms with Crippen molar-refractivity contribution in [2.75, 3.05) is 20.8 Å². The van der Waals surface area contributed by atoms with E-state index >= 15 is 0 Å². The number of methoxy groups -OCH3 is 2. The van der Waals surface area contributed by atoms with Crippen LogP contribution in [0.25, 0.3) is 6.08 Å². The van der Waals surface area contributed by atoms with E-state index in [9.17, 15) is 4.79 Å². The number of likely N-dealkylation sites (N-methyl/N-ethyl adjacent to an activating group) is 1. The van der Waals surface area contributed by atoms with Gasteiger partial charge in [-0.2, -0.15) is 0 Å². The number of nitrogens with one attached hydrogen (secondary N) is 1. The van der Waals surface area contributed by atoms with E-state index in [1.165, 1.54) is 4.90 Å². The van der Waals surface area contributed by atoms with Gasteiger partial charge in [0.05, 0.1) is 18.7 Å². The Bertz CT molecular complexity index is 631. The third-order valence-corrected chi connectivity index (χ3v) is 4.02. The fourth-order valence-corrected chi connectivity index (χ4v) is 2.86. The lowest BCUT2D eigenvalue weighted by molar-refractivity contribution is -0.122. The Morgan fingerprint density at radius 3 is 2.52 bits per heavy atom. The van der Waals surface area contributed by atoms with E-state index in [4.69, 9.17) is 21.7 Å². The van der Waals surface area contributed by atoms with Crippen LogP contribution in [0, 0.1) is 0 Å². The Labute approximate surface area is 137 Å². The molecule has 0 radical (unpaired) electrons. The molecule has 1 amide bonds. The van der Waals surface area contributed by atoms with E-state index in [0.29, 0.717) is 28.9 Å². The third kappa shape index (κ3) is 3.03. The summed E-state index contributed by atoms with van der Waals surface area (Å²) in [6.45, 7) is 2.41. The highest BCUT2D eigenvalue weighted by atomic mass is 79.9. The normalized spacial score (nSPS) is 16.4. The monoisotopic (exact) mass is 370 g/mol. The van der Waals surface area contributed by atoms with Crippen LogP contribution in [0.4, 0.5) is 0 Å². The predicted octanol–water partition coefficient (Wildman–Crippen LogP) is 2.54. The highest BCUT2D eigenvalue weighted by molar-refractivity contribution is 9.10. The molecule has 1 aromatic carbocycles. The Kier molecular flexibility index (Phi) is 4.84. The number of nitrogens with zero attached hydrogens (tertiary/aromatic N) is 1. The van der Waals surface area contributed by atoms with Gasteiger partial charge in [0.2, 0.25) is 0 Å². The van der Waals surface area contributed by atoms with Gasteiger partial charge in [-0.05, 0) is 47.2 Å². The van der Waals surface area contributed by atoms with Gasteiger partial charge in [-0.15, -0.1) is 0 Å². The van der Waals surface area contributed by atoms with Crippen LogP contribution < -0.4 is 14.8 Å². The molecule has 1 aromatic rings. The topological polar surface area (TPSA) is 50.8 Å². The van der Waals surface area contributed by atoms with Gasteiger partial charge in [-0.25, -0.2) is 0 Å². The first-order valence-electron chi connectivity index (χ1n) is 6.27. The SMILES string of the molecule is CCN1C(=O)C(=Cc2cc(Br)c(OC)cc2OC)NC1=S. The number of amides is 1. The van der Waals surface area contributed by atoms with Crippen molar-refractivity contribution in [1.29, 1.82) is 0 Å². The van der Waals surface area contributed by atoms with E-state index in [0.717, 1.165) is 10.0 Å². The summed E-state index contributed by atoms with van der Waals surface area (Å²) < 4.78 is 11.3. The fraction of sp³-hybridized carbons (Fsp3) is 0.286. The number of hydrogen-bond acceptors (Lipinski definition) is 4. The molecule has 21 heavy (non-hydrogen) atoms. The summed E-state index contributed by atoms with van der Waals surface area (Å²) in [6, 6.07) is 3.59. The Morgan fingerprint density at radius 1 is 1.33 bits per heavy atom. The summed E-state index contributed by atoms with van der Waals surface area (Å²) >= 11 is 8.55. The van der Waals surface area contributed by atoms with Gasteiger partial charge in [0.25, 0.3) is 5.91 Å². The number of carbonyl (C=O) groups excluding carboxylic acids is 1. The number of benzene rings is 1. The molecule has 2 rings (SSSR count). The number of hydrogen-bond donors (Lipinski definition) is 1. The average Bonchev–Trinajstić information content (AvgIpc) is 2.73. The largest absolute Gasteiger partial charge is 0.496 e. The third-order valence-electron chi connectivity index (χ3n) is 3.08. The highest BCUT2D eigenvalue weighted by Gasteiger charge is 2.29. The first-order valence-corrected chi connectivity index (χ1v) is 7.48. The first kappa shape index (κ1) is 15.8. The summed E-state index contributed by atoms with van der Waals surface area (Å²) in [4.78, 5) is 13.7. The predicted molar refractivity (Wildman–Crippen MR) is 88.3 cm³/mol. The van der Waals surface area contributed by atoms with Gasteiger partial charge < -0.3 is 14.8 Å². The molecule has 1 N–H and O–H groups in total. The van der Waals surface area contributed by atoms with Crippen molar-refractivity contribution in [2.45, 2.75) is 6.92 Å². The molecule has 0 aliphatic carbocycles. The second kappa shape index (κ2) is 6.44. The van der Waals surface area contributed by atoms with Crippen molar-refractivity contribution in [3.05, 3.63) is 27.9 Å². The molecule has 0 saturated carbocycles. The van der Waals surface area contributed by atoms with Crippen molar-refractivity contribution >= 4 is 45.2 Å². The van der Waals surface area contributed by atoms with E-state index < -0.39 is 0 Å². The quantitative estimate of drug-likeness (QED) is 0.651. The molecule has 1 saturated heterocycles. The van der Waals surface area contributed by atoms with Crippen molar-refractivity contribution < 1.29 is 14.3 Å². The number of ether oxygens (including phenoxy) is 2. The summed E-state index contributed by atoms with van der Waals surface area (Å²) in [7, 11) is 3.15. The minimum absolute atomic E-state index is 0.142. The molecule has 1 fully saturated rings. The summed E-state index contributed by atoms with van der Waals surface area (Å²) in [6.07, 6.45) is 1.72. The maximum absolute atomic E-state index is 12.2. The zero-order valence-electron chi connectivity index (χ0n) is 11.9. The molecular formula is C14H15BrN2O3S. The molecule has 0 spiro atoms. The maximum atomic E-state index is 12.2. The minimum atomic E-state index is -0.142. The summed E-state index contributed by atoms with van der Waals surface area (Å²) in [5, 5.41) is 3.34. The van der Waals surface area contributed by atoms with Gasteiger partial charge in [-0.3, -0.25) is 9.69 Å². The molecule has 7 heteroatoms. The van der Waals surface area contributed by atoms with Crippen molar-refractivity contribution in [2.24, 2.45) is 0 Å². The van der Waals surface area contributed by atoms with E-state index in [1.54, 1.807) is 26.4 Å². The maximum Gasteiger partial charge on any atom is 0.276 e. The molecule has 0 bridgehead atoms. The lowest BCUT2D eigenvalue weighted by Gasteiger charge is -2.10. The van der Waals surface area contributed by atoms with Crippen LogP contribution in [0.1, 0.15) is 12.5 Å². The van der Waals surface area contributed by atoms with Gasteiger partial charge in [0.1, 0.15) is 17.2 Å². The number of thiocarbonyl (C=S) groups is 1. The average molecular weight is 371 g/mol. The van der Waals surface area contributed by atoms with Gasteiger partial charge in [0, 0.05) is 18.2 Å². The lowest BCUT2D eigenvalue weighted by atomic mass is 10.1. The van der Waals surface area contributed by atoms with Gasteiger partial charge in [-0.1, -0.05) is 0 Å². The highest BCUT2D eigenvalue weighted by Crippen LogP contribution is 2.34. The molecule has 1 heterocycles. The van der Waals surface area contributed by atoms with Crippen LogP contribution in [0.15, 0.2) is 22.3 Å². The van der Waals surface area contributed by atoms with Crippen LogP contribution >= 0.6 is 28.1 Å². The van der Waals surface area contributed by atoms with Gasteiger partial charge >= 0.3 is 0 Å². The molecule has 112 valence electrons. The van der Waals surface area contributed by atoms with Crippen molar-refractivity contribution in [1.82, 2.24) is 10.2 Å². The first-order chi connectivity index (χ1) is 10.0. The standard InChI is InChI=1S/C14H15BrN2O3S/c1-4-17-13(18)10(16-14(17)21)6-8-5-9(15)12(20-3)7-11(8)19-2/h5-7H,4H2,1-3H3,(H,16,21). The van der Waals surface area contributed by atoms with Crippen LogP contribution in [0.3, 0.4) is 0 Å². The Hall–Kier alpha value is -1.60. The molecule has 0 aromatic heterocycles. The van der Waals surface area contributed by atoms with Crippen LogP contribution in [-0.2, 0) is 4.79 Å². The lowest BCUT2D eigenvalue weighted by Crippen LogP contribution is -2.30. The minimum Gasteiger partial charge on any atom is -0.496 e. The zero-order chi connectivity index (χ0) is 15.6. The Balaban J connectivity index is 2.44. The van der Waals surface area contributed by atoms with E-state index in [1.807, 2.05) is 13.0 Å². The van der Waals surface area contributed by atoms with Gasteiger partial charge in [0.15, 0.2) is 5.11 Å². The van der Waals surface area contributed by atoms with Crippen molar-refractivity contribution in [3.8, 4) is 11.5 Å². The number of rotatable bonds is 4. The van der Waals surface area contributed by atoms with E-state index in [2.05, 4.69) is 21.2 Å². The van der Waals surface area contributed by atoms with Crippen LogP contribution in [-0.4, -0.2) is 36.7 Å². The number of carbonyl (C=O) groups is 1. The van der Waals surface area contributed by atoms with E-state index in [-0.39, 0.29) is 5.91 Å². The van der Waals surface area contributed by atoms with Crippen molar-refractivity contribution in [3.63, 3.8) is 0 Å².